The van der Waals surface area contributed by atoms with E-state index in [1.165, 1.54) is 9.80 Å². The molecule has 3 heterocycles. The van der Waals surface area contributed by atoms with Crippen molar-refractivity contribution >= 4 is 45.3 Å². The van der Waals surface area contributed by atoms with Crippen LogP contribution in [0.2, 0.25) is 0 Å². The normalized spacial score (nSPS) is 26.8. The Morgan fingerprint density at radius 3 is 2.40 bits per heavy atom. The summed E-state index contributed by atoms with van der Waals surface area (Å²) >= 11 is 3.71. The average Bonchev–Trinajstić information content (AvgIpc) is 3.73. The van der Waals surface area contributed by atoms with Crippen LogP contribution in [0.15, 0.2) is 79.9 Å². The number of fused-ring (bicyclic) bond motifs is 1. The van der Waals surface area contributed by atoms with E-state index in [0.717, 1.165) is 0 Å². The molecule has 3 amide bonds. The van der Waals surface area contributed by atoms with E-state index in [2.05, 4.69) is 29.1 Å². The zero-order valence-corrected chi connectivity index (χ0v) is 30.5. The number of hydrogen-bond acceptors (Lipinski definition) is 8. The number of anilines is 1. The summed E-state index contributed by atoms with van der Waals surface area (Å²) in [5.74, 6) is -3.15. The Morgan fingerprint density at radius 2 is 1.80 bits per heavy atom. The number of esters is 1. The molecule has 0 aliphatic carbocycles. The summed E-state index contributed by atoms with van der Waals surface area (Å²) in [5, 5.41) is 10.3. The van der Waals surface area contributed by atoms with Crippen molar-refractivity contribution in [1.29, 1.82) is 0 Å². The minimum absolute atomic E-state index is 0.126. The Hall–Kier alpha value is -4.00. The lowest BCUT2D eigenvalue weighted by atomic mass is 9.70. The maximum Gasteiger partial charge on any atom is 0.313 e. The van der Waals surface area contributed by atoms with Gasteiger partial charge in [-0.3, -0.25) is 19.2 Å². The molecule has 3 fully saturated rings. The fraction of sp³-hybridized carbons (Fsp3) is 0.474. The number of carbonyl (C=O) groups excluding carboxylic acids is 4. The fourth-order valence-electron chi connectivity index (χ4n) is 7.66. The third-order valence-electron chi connectivity index (χ3n) is 10.3. The van der Waals surface area contributed by atoms with E-state index in [0.29, 0.717) is 23.4 Å². The minimum Gasteiger partial charge on any atom is -0.497 e. The number of carbonyl (C=O) groups is 4. The van der Waals surface area contributed by atoms with Crippen LogP contribution < -0.4 is 9.64 Å². The molecule has 0 saturated carbocycles. The van der Waals surface area contributed by atoms with Gasteiger partial charge in [0.15, 0.2) is 0 Å². The SMILES string of the molecule is C=CCCC(=O)N(C)[C@H](C)[C@H](OC(=O)[C@H]1[C@@H]2O[C@@]3(CC2Br)[C@@H]1C(=O)N([C@H](C)CO)[C@@H]3C(=O)N(CC=C)c1ccc(OC)cc1)c1ccccc1. The molecule has 2 bridgehead atoms. The van der Waals surface area contributed by atoms with Crippen molar-refractivity contribution < 1.29 is 38.5 Å². The first-order chi connectivity index (χ1) is 23.9. The van der Waals surface area contributed by atoms with Gasteiger partial charge in [0.25, 0.3) is 5.91 Å². The molecule has 2 aromatic carbocycles. The van der Waals surface area contributed by atoms with Crippen molar-refractivity contribution in [2.24, 2.45) is 11.8 Å². The molecule has 9 atom stereocenters. The van der Waals surface area contributed by atoms with Gasteiger partial charge in [-0.1, -0.05) is 58.4 Å². The van der Waals surface area contributed by atoms with Crippen LogP contribution in [0.4, 0.5) is 5.69 Å². The average molecular weight is 753 g/mol. The Labute approximate surface area is 302 Å². The number of aliphatic hydroxyl groups is 1. The molecule has 12 heteroatoms. The van der Waals surface area contributed by atoms with Crippen LogP contribution >= 0.6 is 15.9 Å². The number of likely N-dealkylation sites (tertiary alicyclic amines) is 1. The number of aliphatic hydroxyl groups excluding tert-OH is 1. The zero-order valence-electron chi connectivity index (χ0n) is 28.9. The molecule has 268 valence electrons. The highest BCUT2D eigenvalue weighted by atomic mass is 79.9. The van der Waals surface area contributed by atoms with Crippen molar-refractivity contribution in [3.63, 3.8) is 0 Å². The first-order valence-corrected chi connectivity index (χ1v) is 17.8. The number of ether oxygens (including phenoxy) is 3. The van der Waals surface area contributed by atoms with Crippen molar-refractivity contribution in [1.82, 2.24) is 9.80 Å². The monoisotopic (exact) mass is 751 g/mol. The van der Waals surface area contributed by atoms with Crippen molar-refractivity contribution in [3.05, 3.63) is 85.5 Å². The number of likely N-dealkylation sites (N-methyl/N-ethyl adjacent to an activating group) is 1. The molecule has 3 aliphatic rings. The summed E-state index contributed by atoms with van der Waals surface area (Å²) in [7, 11) is 3.23. The van der Waals surface area contributed by atoms with Crippen LogP contribution in [0.5, 0.6) is 5.75 Å². The molecule has 5 rings (SSSR count). The van der Waals surface area contributed by atoms with Gasteiger partial charge in [-0.25, -0.2) is 0 Å². The molecular weight excluding hydrogens is 706 g/mol. The summed E-state index contributed by atoms with van der Waals surface area (Å²) in [4.78, 5) is 60.9. The summed E-state index contributed by atoms with van der Waals surface area (Å²) in [6.07, 6.45) is 2.71. The number of methoxy groups -OCH3 is 1. The maximum atomic E-state index is 14.8. The highest BCUT2D eigenvalue weighted by molar-refractivity contribution is 9.09. The highest BCUT2D eigenvalue weighted by Crippen LogP contribution is 2.61. The summed E-state index contributed by atoms with van der Waals surface area (Å²) < 4.78 is 18.3. The summed E-state index contributed by atoms with van der Waals surface area (Å²) in [6.45, 7) is 10.8. The number of rotatable bonds is 15. The lowest BCUT2D eigenvalue weighted by molar-refractivity contribution is -0.165. The minimum atomic E-state index is -1.38. The van der Waals surface area contributed by atoms with Crippen molar-refractivity contribution in [3.8, 4) is 5.75 Å². The lowest BCUT2D eigenvalue weighted by Gasteiger charge is -2.38. The Bertz CT molecular complexity index is 1590. The third-order valence-corrected chi connectivity index (χ3v) is 11.2. The van der Waals surface area contributed by atoms with Crippen LogP contribution in [0.3, 0.4) is 0 Å². The van der Waals surface area contributed by atoms with E-state index in [1.807, 2.05) is 37.3 Å². The molecular formula is C38H46BrN3O8. The fourth-order valence-corrected chi connectivity index (χ4v) is 8.61. The van der Waals surface area contributed by atoms with E-state index in [9.17, 15) is 24.3 Å². The van der Waals surface area contributed by atoms with Gasteiger partial charge in [-0.2, -0.15) is 0 Å². The van der Waals surface area contributed by atoms with Gasteiger partial charge in [0.05, 0.1) is 43.7 Å². The number of nitrogens with zero attached hydrogens (tertiary/aromatic N) is 3. The second-order valence-corrected chi connectivity index (χ2v) is 14.4. The zero-order chi connectivity index (χ0) is 36.3. The molecule has 50 heavy (non-hydrogen) atoms. The molecule has 1 N–H and O–H groups in total. The van der Waals surface area contributed by atoms with Crippen LogP contribution in [-0.2, 0) is 28.7 Å². The van der Waals surface area contributed by atoms with E-state index in [1.54, 1.807) is 62.4 Å². The first kappa shape index (κ1) is 37.3. The predicted octanol–water partition coefficient (Wildman–Crippen LogP) is 4.44. The lowest BCUT2D eigenvalue weighted by Crippen LogP contribution is -2.58. The number of halogens is 1. The van der Waals surface area contributed by atoms with Crippen molar-refractivity contribution in [2.45, 2.75) is 73.9 Å². The number of amides is 3. The molecule has 3 saturated heterocycles. The van der Waals surface area contributed by atoms with Crippen LogP contribution in [0, 0.1) is 11.8 Å². The third kappa shape index (κ3) is 6.60. The van der Waals surface area contributed by atoms with Gasteiger partial charge < -0.3 is 34.0 Å². The van der Waals surface area contributed by atoms with E-state index >= 15 is 0 Å². The molecule has 0 aromatic heterocycles. The summed E-state index contributed by atoms with van der Waals surface area (Å²) in [5.41, 5.74) is -0.131. The largest absolute Gasteiger partial charge is 0.497 e. The number of benzene rings is 2. The molecule has 11 nitrogen and oxygen atoms in total. The number of hydrogen-bond donors (Lipinski definition) is 1. The van der Waals surface area contributed by atoms with Gasteiger partial charge in [0, 0.05) is 30.5 Å². The number of alkyl halides is 1. The van der Waals surface area contributed by atoms with Crippen LogP contribution in [0.1, 0.15) is 44.8 Å². The van der Waals surface area contributed by atoms with Crippen molar-refractivity contribution in [2.75, 3.05) is 32.2 Å². The van der Waals surface area contributed by atoms with Gasteiger partial charge in [0.2, 0.25) is 11.8 Å². The quantitative estimate of drug-likeness (QED) is 0.161. The van der Waals surface area contributed by atoms with Gasteiger partial charge in [-0.15, -0.1) is 13.2 Å². The van der Waals surface area contributed by atoms with E-state index in [-0.39, 0.29) is 30.1 Å². The second kappa shape index (κ2) is 15.5. The van der Waals surface area contributed by atoms with Gasteiger partial charge in [0.1, 0.15) is 23.5 Å². The number of allylic oxidation sites excluding steroid dienone is 1. The van der Waals surface area contributed by atoms with E-state index in [4.69, 9.17) is 14.2 Å². The molecule has 3 aliphatic heterocycles. The predicted molar refractivity (Wildman–Crippen MR) is 192 cm³/mol. The molecule has 0 radical (unpaired) electrons. The van der Waals surface area contributed by atoms with E-state index < -0.39 is 72.2 Å². The highest BCUT2D eigenvalue weighted by Gasteiger charge is 2.77. The van der Waals surface area contributed by atoms with Crippen LogP contribution in [0.25, 0.3) is 0 Å². The Balaban J connectivity index is 1.52. The van der Waals surface area contributed by atoms with Crippen LogP contribution in [-0.4, -0.2) is 101 Å². The smallest absolute Gasteiger partial charge is 0.313 e. The summed E-state index contributed by atoms with van der Waals surface area (Å²) in [6, 6.07) is 13.7. The Kier molecular flexibility index (Phi) is 11.5. The van der Waals surface area contributed by atoms with Gasteiger partial charge in [-0.05, 0) is 56.5 Å². The topological polar surface area (TPSA) is 126 Å². The molecule has 1 spiro atoms. The maximum absolute atomic E-state index is 14.8. The Morgan fingerprint density at radius 1 is 1.12 bits per heavy atom. The molecule has 1 unspecified atom stereocenters. The second-order valence-electron chi connectivity index (χ2n) is 13.2. The first-order valence-electron chi connectivity index (χ1n) is 16.9. The standard InChI is InChI=1S/C38H46BrN3O8/c1-7-9-15-29(44)40(5)24(4)32(25-13-11-10-12-14-25)49-37(47)30-31-35(45)42(23(3)22-43)34(38(31)21-28(39)33(30)50-38)36(46)41(20-8-2)26-16-18-27(48-6)19-17-26/h7-8,10-14,16-19,23-24,28,30-34,43H,1-2,9,15,20-22H2,3-6H3/t23-,24-,28?,30-,31+,32+,33-,34-,38+/m1/s1. The molecule has 2 aromatic rings. The van der Waals surface area contributed by atoms with Gasteiger partial charge >= 0.3 is 5.97 Å².